The van der Waals surface area contributed by atoms with E-state index in [2.05, 4.69) is 16.2 Å². The summed E-state index contributed by atoms with van der Waals surface area (Å²) in [4.78, 5) is 32.3. The second kappa shape index (κ2) is 7.04. The number of rotatable bonds is 6. The van der Waals surface area contributed by atoms with Crippen LogP contribution in [0.2, 0.25) is 0 Å². The van der Waals surface area contributed by atoms with Gasteiger partial charge in [-0.25, -0.2) is 0 Å². The van der Waals surface area contributed by atoms with E-state index in [0.717, 1.165) is 0 Å². The second-order valence-electron chi connectivity index (χ2n) is 2.80. The van der Waals surface area contributed by atoms with Gasteiger partial charge in [0.25, 0.3) is 0 Å². The molecular weight excluding hydrogens is 323 g/mol. The topological polar surface area (TPSA) is 78.9 Å². The van der Waals surface area contributed by atoms with Crippen LogP contribution < -0.4 is 0 Å². The molecule has 0 aromatic heterocycles. The Labute approximate surface area is 101 Å². The second-order valence-corrected chi connectivity index (χ2v) is 6.07. The Morgan fingerprint density at radius 1 is 1.06 bits per heavy atom. The van der Waals surface area contributed by atoms with Gasteiger partial charge in [0.2, 0.25) is 0 Å². The molecule has 0 aliphatic heterocycles. The molecule has 0 unspecified atom stereocenters. The van der Waals surface area contributed by atoms with Gasteiger partial charge < -0.3 is 0 Å². The van der Waals surface area contributed by atoms with Crippen molar-refractivity contribution in [2.45, 2.75) is 13.8 Å². The van der Waals surface area contributed by atoms with Crippen LogP contribution in [0, 0.1) is 0 Å². The zero-order valence-electron chi connectivity index (χ0n) is 8.94. The zero-order chi connectivity index (χ0) is 12.7. The molecular formula is C9H11O6Sn. The van der Waals surface area contributed by atoms with E-state index in [1.165, 1.54) is 13.8 Å². The van der Waals surface area contributed by atoms with Crippen molar-refractivity contribution in [3.8, 4) is 0 Å². The van der Waals surface area contributed by atoms with Gasteiger partial charge in [-0.3, -0.25) is 0 Å². The monoisotopic (exact) mass is 335 g/mol. The van der Waals surface area contributed by atoms with Crippen LogP contribution in [0.3, 0.4) is 0 Å². The van der Waals surface area contributed by atoms with E-state index in [0.29, 0.717) is 0 Å². The summed E-state index contributed by atoms with van der Waals surface area (Å²) in [7, 11) is 0. The fraction of sp³-hybridized carbons (Fsp3) is 0.222. The van der Waals surface area contributed by atoms with Crippen LogP contribution in [-0.4, -0.2) is 39.4 Å². The van der Waals surface area contributed by atoms with E-state index >= 15 is 0 Å². The number of hydrogen-bond donors (Lipinski definition) is 0. The molecule has 0 aromatic carbocycles. The molecule has 87 valence electrons. The van der Waals surface area contributed by atoms with E-state index in [1.54, 1.807) is 0 Å². The first-order valence-corrected chi connectivity index (χ1v) is 7.60. The third-order valence-corrected chi connectivity index (χ3v) is 4.03. The van der Waals surface area contributed by atoms with Gasteiger partial charge in [0.1, 0.15) is 0 Å². The molecule has 7 heteroatoms. The summed E-state index contributed by atoms with van der Waals surface area (Å²) in [5.41, 5.74) is 0.248. The molecule has 0 amide bonds. The summed E-state index contributed by atoms with van der Waals surface area (Å²) in [5.74, 6) is -1.52. The Kier molecular flexibility index (Phi) is 6.47. The molecule has 0 bridgehead atoms. The van der Waals surface area contributed by atoms with Crippen molar-refractivity contribution in [1.82, 2.24) is 0 Å². The molecule has 0 aliphatic carbocycles. The third-order valence-electron chi connectivity index (χ3n) is 1.19. The van der Waals surface area contributed by atoms with Gasteiger partial charge >= 0.3 is 101 Å². The van der Waals surface area contributed by atoms with Crippen molar-refractivity contribution in [2.24, 2.45) is 0 Å². The first kappa shape index (κ1) is 14.7. The molecule has 0 saturated carbocycles. The SMILES string of the molecule is C=C(C)C(=O)[O][Sn]([O]C=O)[O]C(=O)C(=C)C. The quantitative estimate of drug-likeness (QED) is 0.397. The van der Waals surface area contributed by atoms with Gasteiger partial charge in [0, 0.05) is 0 Å². The summed E-state index contributed by atoms with van der Waals surface area (Å²) >= 11 is -3.74. The van der Waals surface area contributed by atoms with Crippen LogP contribution in [0.5, 0.6) is 0 Å². The Morgan fingerprint density at radius 3 is 1.69 bits per heavy atom. The van der Waals surface area contributed by atoms with Crippen molar-refractivity contribution in [1.29, 1.82) is 0 Å². The van der Waals surface area contributed by atoms with E-state index in [-0.39, 0.29) is 17.6 Å². The molecule has 0 heterocycles. The molecule has 6 nitrogen and oxygen atoms in total. The number of carbonyl (C=O) groups excluding carboxylic acids is 3. The molecule has 0 saturated heterocycles. The van der Waals surface area contributed by atoms with Gasteiger partial charge in [-0.2, -0.15) is 0 Å². The summed E-state index contributed by atoms with van der Waals surface area (Å²) in [6.45, 7) is 9.59. The molecule has 0 fully saturated rings. The number of hydrogen-bond acceptors (Lipinski definition) is 6. The summed E-state index contributed by atoms with van der Waals surface area (Å²) in [5, 5.41) is 0. The van der Waals surface area contributed by atoms with Gasteiger partial charge in [0.05, 0.1) is 0 Å². The van der Waals surface area contributed by atoms with Gasteiger partial charge in [-0.05, 0) is 0 Å². The van der Waals surface area contributed by atoms with Crippen LogP contribution in [0.25, 0.3) is 0 Å². The van der Waals surface area contributed by atoms with Gasteiger partial charge in [-0.15, -0.1) is 0 Å². The van der Waals surface area contributed by atoms with Crippen LogP contribution in [0.15, 0.2) is 24.3 Å². The first-order valence-electron chi connectivity index (χ1n) is 4.11. The van der Waals surface area contributed by atoms with E-state index in [9.17, 15) is 14.4 Å². The maximum atomic E-state index is 11.1. The van der Waals surface area contributed by atoms with E-state index in [1.807, 2.05) is 0 Å². The molecule has 0 rings (SSSR count). The minimum atomic E-state index is -3.74. The Balaban J connectivity index is 4.44. The Hall–Kier alpha value is -1.31. The fourth-order valence-electron chi connectivity index (χ4n) is 0.434. The zero-order valence-corrected chi connectivity index (χ0v) is 11.8. The molecule has 0 N–H and O–H groups in total. The summed E-state index contributed by atoms with van der Waals surface area (Å²) in [6, 6.07) is 0. The molecule has 16 heavy (non-hydrogen) atoms. The molecule has 0 aromatic rings. The Morgan fingerprint density at radius 2 is 1.44 bits per heavy atom. The van der Waals surface area contributed by atoms with Crippen molar-refractivity contribution in [2.75, 3.05) is 0 Å². The van der Waals surface area contributed by atoms with Crippen LogP contribution in [-0.2, 0) is 23.6 Å². The fourth-order valence-corrected chi connectivity index (χ4v) is 2.91. The van der Waals surface area contributed by atoms with Crippen molar-refractivity contribution < 1.29 is 23.6 Å². The van der Waals surface area contributed by atoms with Crippen LogP contribution in [0.1, 0.15) is 13.8 Å². The van der Waals surface area contributed by atoms with Crippen molar-refractivity contribution in [3.05, 3.63) is 24.3 Å². The van der Waals surface area contributed by atoms with Crippen molar-refractivity contribution in [3.63, 3.8) is 0 Å². The molecule has 0 atom stereocenters. The minimum absolute atomic E-state index is 0.0756. The molecule has 1 radical (unpaired) electrons. The standard InChI is InChI=1S/2C4H6O2.CH2O2.Sn/c2*1-3(2)4(5)6;2-1-3;/h2*1H2,2H3,(H,5,6);1H,(H,2,3);/q;;;+3/p-3. The molecule has 0 aliphatic rings. The molecule has 0 spiro atoms. The van der Waals surface area contributed by atoms with E-state index < -0.39 is 32.9 Å². The third kappa shape index (κ3) is 5.54. The Bertz CT molecular complexity index is 307. The average Bonchev–Trinajstić information content (AvgIpc) is 2.17. The van der Waals surface area contributed by atoms with Crippen LogP contribution >= 0.6 is 0 Å². The van der Waals surface area contributed by atoms with E-state index in [4.69, 9.17) is 6.15 Å². The predicted molar refractivity (Wildman–Crippen MR) is 54.7 cm³/mol. The number of carbonyl (C=O) groups is 3. The van der Waals surface area contributed by atoms with Crippen LogP contribution in [0.4, 0.5) is 0 Å². The van der Waals surface area contributed by atoms with Crippen molar-refractivity contribution >= 4 is 39.4 Å². The predicted octanol–water partition coefficient (Wildman–Crippen LogP) is 0.383. The summed E-state index contributed by atoms with van der Waals surface area (Å²) in [6.07, 6.45) is 0. The maximum absolute atomic E-state index is 11.1. The first-order chi connectivity index (χ1) is 7.38. The van der Waals surface area contributed by atoms with Gasteiger partial charge in [0.15, 0.2) is 0 Å². The summed E-state index contributed by atoms with van der Waals surface area (Å²) < 4.78 is 13.8. The normalized spacial score (nSPS) is 9.19. The average molecular weight is 334 g/mol. The van der Waals surface area contributed by atoms with Gasteiger partial charge in [-0.1, -0.05) is 0 Å².